The second-order valence-corrected chi connectivity index (χ2v) is 3.95. The van der Waals surface area contributed by atoms with Gasteiger partial charge in [-0.1, -0.05) is 6.92 Å². The van der Waals surface area contributed by atoms with Crippen molar-refractivity contribution in [2.24, 2.45) is 5.73 Å². The normalized spacial score (nSPS) is 10.0. The maximum absolute atomic E-state index is 13.1. The van der Waals surface area contributed by atoms with Gasteiger partial charge in [-0.2, -0.15) is 0 Å². The fourth-order valence-electron chi connectivity index (χ4n) is 1.39. The van der Waals surface area contributed by atoms with Gasteiger partial charge in [-0.05, 0) is 12.5 Å². The van der Waals surface area contributed by atoms with Crippen LogP contribution >= 0.6 is 0 Å². The third-order valence-corrected chi connectivity index (χ3v) is 2.30. The summed E-state index contributed by atoms with van der Waals surface area (Å²) in [6.45, 7) is 2.70. The van der Waals surface area contributed by atoms with Crippen LogP contribution in [-0.4, -0.2) is 29.9 Å². The molecule has 6 nitrogen and oxygen atoms in total. The van der Waals surface area contributed by atoms with Gasteiger partial charge in [-0.15, -0.1) is 0 Å². The SMILES string of the molecule is CCCNc1ncc(F)cc1C(=O)NCCC(N)=O. The van der Waals surface area contributed by atoms with Gasteiger partial charge < -0.3 is 16.4 Å². The Balaban J connectivity index is 2.75. The first kappa shape index (κ1) is 14.9. The molecule has 0 aliphatic rings. The lowest BCUT2D eigenvalue weighted by atomic mass is 10.2. The Labute approximate surface area is 110 Å². The van der Waals surface area contributed by atoms with Gasteiger partial charge in [0.25, 0.3) is 5.91 Å². The van der Waals surface area contributed by atoms with Crippen molar-refractivity contribution < 1.29 is 14.0 Å². The summed E-state index contributed by atoms with van der Waals surface area (Å²) in [6.07, 6.45) is 1.92. The van der Waals surface area contributed by atoms with Crippen LogP contribution < -0.4 is 16.4 Å². The molecule has 0 unspecified atom stereocenters. The van der Waals surface area contributed by atoms with E-state index >= 15 is 0 Å². The zero-order valence-electron chi connectivity index (χ0n) is 10.7. The van der Waals surface area contributed by atoms with Crippen molar-refractivity contribution in [3.8, 4) is 0 Å². The van der Waals surface area contributed by atoms with Gasteiger partial charge in [0, 0.05) is 19.5 Å². The Morgan fingerprint density at radius 2 is 2.16 bits per heavy atom. The molecule has 0 aromatic carbocycles. The Hall–Kier alpha value is -2.18. The molecular formula is C12H17FN4O2. The molecule has 0 spiro atoms. The van der Waals surface area contributed by atoms with E-state index in [1.165, 1.54) is 0 Å². The highest BCUT2D eigenvalue weighted by molar-refractivity contribution is 5.98. The molecule has 0 aliphatic carbocycles. The molecule has 0 atom stereocenters. The van der Waals surface area contributed by atoms with Gasteiger partial charge in [0.2, 0.25) is 5.91 Å². The first-order valence-corrected chi connectivity index (χ1v) is 6.00. The maximum atomic E-state index is 13.1. The van der Waals surface area contributed by atoms with Crippen molar-refractivity contribution in [2.45, 2.75) is 19.8 Å². The zero-order valence-corrected chi connectivity index (χ0v) is 10.7. The van der Waals surface area contributed by atoms with Crippen LogP contribution in [0.5, 0.6) is 0 Å². The van der Waals surface area contributed by atoms with Crippen LogP contribution in [-0.2, 0) is 4.79 Å². The molecule has 19 heavy (non-hydrogen) atoms. The molecule has 0 fully saturated rings. The monoisotopic (exact) mass is 268 g/mol. The second-order valence-electron chi connectivity index (χ2n) is 3.95. The third-order valence-electron chi connectivity index (χ3n) is 2.30. The van der Waals surface area contributed by atoms with Gasteiger partial charge in [-0.3, -0.25) is 9.59 Å². The molecular weight excluding hydrogens is 251 g/mol. The highest BCUT2D eigenvalue weighted by Gasteiger charge is 2.13. The number of pyridine rings is 1. The lowest BCUT2D eigenvalue weighted by molar-refractivity contribution is -0.117. The summed E-state index contributed by atoms with van der Waals surface area (Å²) in [7, 11) is 0. The average molecular weight is 268 g/mol. The van der Waals surface area contributed by atoms with Crippen LogP contribution in [0, 0.1) is 5.82 Å². The molecule has 7 heteroatoms. The molecule has 0 radical (unpaired) electrons. The van der Waals surface area contributed by atoms with E-state index in [0.29, 0.717) is 12.4 Å². The molecule has 1 aromatic rings. The van der Waals surface area contributed by atoms with Crippen LogP contribution in [0.2, 0.25) is 0 Å². The standard InChI is InChI=1S/C12H17FN4O2/c1-2-4-15-11-9(6-8(13)7-17-11)12(19)16-5-3-10(14)18/h6-7H,2-5H2,1H3,(H2,14,18)(H,15,17)(H,16,19). The Morgan fingerprint density at radius 1 is 1.42 bits per heavy atom. The summed E-state index contributed by atoms with van der Waals surface area (Å²) >= 11 is 0. The van der Waals surface area contributed by atoms with Crippen LogP contribution in [0.3, 0.4) is 0 Å². The molecule has 0 saturated carbocycles. The predicted molar refractivity (Wildman–Crippen MR) is 69.1 cm³/mol. The summed E-state index contributed by atoms with van der Waals surface area (Å²) in [6, 6.07) is 1.10. The number of carbonyl (C=O) groups excluding carboxylic acids is 2. The number of anilines is 1. The summed E-state index contributed by atoms with van der Waals surface area (Å²) in [5.41, 5.74) is 5.07. The van der Waals surface area contributed by atoms with E-state index in [-0.39, 0.29) is 18.5 Å². The average Bonchev–Trinajstić information content (AvgIpc) is 2.36. The second kappa shape index (κ2) is 7.30. The fourth-order valence-corrected chi connectivity index (χ4v) is 1.39. The van der Waals surface area contributed by atoms with Crippen molar-refractivity contribution in [1.82, 2.24) is 10.3 Å². The summed E-state index contributed by atoms with van der Waals surface area (Å²) < 4.78 is 13.1. The molecule has 0 bridgehead atoms. The number of aromatic nitrogens is 1. The largest absolute Gasteiger partial charge is 0.370 e. The van der Waals surface area contributed by atoms with Crippen LogP contribution in [0.15, 0.2) is 12.3 Å². The Bertz CT molecular complexity index is 465. The number of nitrogens with zero attached hydrogens (tertiary/aromatic N) is 1. The summed E-state index contributed by atoms with van der Waals surface area (Å²) in [5.74, 6) is -1.28. The number of nitrogens with one attached hydrogen (secondary N) is 2. The van der Waals surface area contributed by atoms with Gasteiger partial charge >= 0.3 is 0 Å². The van der Waals surface area contributed by atoms with E-state index in [1.807, 2.05) is 6.92 Å². The Morgan fingerprint density at radius 3 is 2.79 bits per heavy atom. The lowest BCUT2D eigenvalue weighted by Crippen LogP contribution is -2.29. The van der Waals surface area contributed by atoms with Gasteiger partial charge in [0.15, 0.2) is 0 Å². The highest BCUT2D eigenvalue weighted by Crippen LogP contribution is 2.13. The number of carbonyl (C=O) groups is 2. The van der Waals surface area contributed by atoms with Gasteiger partial charge in [0.1, 0.15) is 11.6 Å². The van der Waals surface area contributed by atoms with Crippen LogP contribution in [0.4, 0.5) is 10.2 Å². The number of rotatable bonds is 7. The maximum Gasteiger partial charge on any atom is 0.255 e. The molecule has 0 saturated heterocycles. The van der Waals surface area contributed by atoms with E-state index in [0.717, 1.165) is 18.7 Å². The topological polar surface area (TPSA) is 97.1 Å². The first-order valence-electron chi connectivity index (χ1n) is 6.00. The van der Waals surface area contributed by atoms with Crippen molar-refractivity contribution >= 4 is 17.6 Å². The number of hydrogen-bond acceptors (Lipinski definition) is 4. The van der Waals surface area contributed by atoms with Crippen molar-refractivity contribution in [3.05, 3.63) is 23.6 Å². The predicted octanol–water partition coefficient (Wildman–Crippen LogP) is 0.648. The number of nitrogens with two attached hydrogens (primary N) is 1. The molecule has 1 aromatic heterocycles. The summed E-state index contributed by atoms with van der Waals surface area (Å²) in [5, 5.41) is 5.43. The van der Waals surface area contributed by atoms with E-state index in [2.05, 4.69) is 15.6 Å². The summed E-state index contributed by atoms with van der Waals surface area (Å²) in [4.78, 5) is 26.3. The van der Waals surface area contributed by atoms with Crippen LogP contribution in [0.1, 0.15) is 30.1 Å². The quantitative estimate of drug-likeness (QED) is 0.676. The number of primary amides is 1. The fraction of sp³-hybridized carbons (Fsp3) is 0.417. The van der Waals surface area contributed by atoms with Gasteiger partial charge in [0.05, 0.1) is 11.8 Å². The molecule has 1 heterocycles. The lowest BCUT2D eigenvalue weighted by Gasteiger charge is -2.10. The smallest absolute Gasteiger partial charge is 0.255 e. The molecule has 2 amide bonds. The van der Waals surface area contributed by atoms with Crippen molar-refractivity contribution in [1.29, 1.82) is 0 Å². The molecule has 104 valence electrons. The number of halogens is 1. The van der Waals surface area contributed by atoms with Crippen LogP contribution in [0.25, 0.3) is 0 Å². The minimum Gasteiger partial charge on any atom is -0.370 e. The number of amides is 2. The number of hydrogen-bond donors (Lipinski definition) is 3. The Kier molecular flexibility index (Phi) is 5.72. The molecule has 1 rings (SSSR count). The first-order chi connectivity index (χ1) is 9.04. The van der Waals surface area contributed by atoms with E-state index in [4.69, 9.17) is 5.73 Å². The van der Waals surface area contributed by atoms with Crippen molar-refractivity contribution in [2.75, 3.05) is 18.4 Å². The minimum absolute atomic E-state index is 0.0339. The highest BCUT2D eigenvalue weighted by atomic mass is 19.1. The van der Waals surface area contributed by atoms with E-state index in [1.54, 1.807) is 0 Å². The zero-order chi connectivity index (χ0) is 14.3. The van der Waals surface area contributed by atoms with E-state index in [9.17, 15) is 14.0 Å². The van der Waals surface area contributed by atoms with E-state index < -0.39 is 17.6 Å². The molecule has 0 aliphatic heterocycles. The third kappa shape index (κ3) is 4.90. The van der Waals surface area contributed by atoms with Gasteiger partial charge in [-0.25, -0.2) is 9.37 Å². The van der Waals surface area contributed by atoms with Crippen molar-refractivity contribution in [3.63, 3.8) is 0 Å². The minimum atomic E-state index is -0.595. The molecule has 4 N–H and O–H groups in total.